The van der Waals surface area contributed by atoms with E-state index in [2.05, 4.69) is 18.1 Å². The van der Waals surface area contributed by atoms with Crippen LogP contribution in [0.15, 0.2) is 66.0 Å². The molecule has 1 aromatic carbocycles. The normalized spacial score (nSPS) is 17.7. The van der Waals surface area contributed by atoms with Crippen LogP contribution in [0.5, 0.6) is 11.6 Å². The third kappa shape index (κ3) is 4.39. The number of benzene rings is 1. The fourth-order valence-corrected chi connectivity index (χ4v) is 3.79. The van der Waals surface area contributed by atoms with Crippen molar-refractivity contribution in [2.24, 2.45) is 0 Å². The molecule has 0 radical (unpaired) electrons. The monoisotopic (exact) mass is 406 g/mol. The molecule has 6 heteroatoms. The van der Waals surface area contributed by atoms with Gasteiger partial charge in [-0.15, -0.1) is 0 Å². The minimum absolute atomic E-state index is 0.0770. The molecule has 0 saturated carbocycles. The smallest absolute Gasteiger partial charge is 0.351 e. The van der Waals surface area contributed by atoms with Gasteiger partial charge in [0.1, 0.15) is 19.0 Å². The topological polar surface area (TPSA) is 62.6 Å². The molecule has 156 valence electrons. The van der Waals surface area contributed by atoms with Crippen LogP contribution >= 0.6 is 0 Å². The van der Waals surface area contributed by atoms with Gasteiger partial charge in [0, 0.05) is 24.8 Å². The molecule has 1 saturated heterocycles. The van der Waals surface area contributed by atoms with Crippen LogP contribution in [0.1, 0.15) is 18.4 Å². The summed E-state index contributed by atoms with van der Waals surface area (Å²) in [6, 6.07) is 7.79. The molecule has 2 aliphatic rings. The Labute approximate surface area is 176 Å². The second kappa shape index (κ2) is 9.13. The fourth-order valence-electron chi connectivity index (χ4n) is 3.79. The van der Waals surface area contributed by atoms with Crippen molar-refractivity contribution in [3.05, 3.63) is 77.3 Å². The van der Waals surface area contributed by atoms with E-state index >= 15 is 0 Å². The van der Waals surface area contributed by atoms with Gasteiger partial charge in [-0.05, 0) is 48.6 Å². The molecule has 2 aromatic rings. The zero-order valence-electron chi connectivity index (χ0n) is 17.0. The highest BCUT2D eigenvalue weighted by Gasteiger charge is 2.21. The summed E-state index contributed by atoms with van der Waals surface area (Å²) in [6.07, 6.45) is 8.19. The largest absolute Gasteiger partial charge is 0.489 e. The third-order valence-corrected chi connectivity index (χ3v) is 5.39. The van der Waals surface area contributed by atoms with E-state index in [9.17, 15) is 4.79 Å². The van der Waals surface area contributed by atoms with Gasteiger partial charge in [-0.2, -0.15) is 4.98 Å². The van der Waals surface area contributed by atoms with Crippen molar-refractivity contribution in [2.75, 3.05) is 19.8 Å². The Hall–Kier alpha value is -3.12. The predicted molar refractivity (Wildman–Crippen MR) is 116 cm³/mol. The number of nitrogens with zero attached hydrogens (tertiary/aromatic N) is 2. The highest BCUT2D eigenvalue weighted by atomic mass is 16.5. The van der Waals surface area contributed by atoms with Crippen LogP contribution in [0.25, 0.3) is 11.3 Å². The van der Waals surface area contributed by atoms with Crippen molar-refractivity contribution in [1.29, 1.82) is 0 Å². The summed E-state index contributed by atoms with van der Waals surface area (Å²) in [6.45, 7) is 9.68. The van der Waals surface area contributed by atoms with Crippen LogP contribution in [0.4, 0.5) is 0 Å². The molecule has 2 aliphatic heterocycles. The molecule has 30 heavy (non-hydrogen) atoms. The summed E-state index contributed by atoms with van der Waals surface area (Å²) in [5.41, 5.74) is 3.63. The summed E-state index contributed by atoms with van der Waals surface area (Å²) in [4.78, 5) is 16.6. The lowest BCUT2D eigenvalue weighted by molar-refractivity contribution is 0.0661. The van der Waals surface area contributed by atoms with Crippen LogP contribution in [0.2, 0.25) is 0 Å². The molecule has 0 spiro atoms. The number of aromatic nitrogens is 2. The van der Waals surface area contributed by atoms with E-state index in [1.54, 1.807) is 16.7 Å². The highest BCUT2D eigenvalue weighted by molar-refractivity contribution is 5.67. The number of hydrogen-bond acceptors (Lipinski definition) is 5. The Balaban J connectivity index is 1.54. The maximum absolute atomic E-state index is 12.5. The Kier molecular flexibility index (Phi) is 6.14. The van der Waals surface area contributed by atoms with Gasteiger partial charge in [-0.1, -0.05) is 31.4 Å². The molecule has 0 aliphatic carbocycles. The van der Waals surface area contributed by atoms with Crippen molar-refractivity contribution in [3.63, 3.8) is 0 Å². The molecule has 0 N–H and O–H groups in total. The van der Waals surface area contributed by atoms with Gasteiger partial charge in [0.2, 0.25) is 5.88 Å². The Morgan fingerprint density at radius 1 is 1.30 bits per heavy atom. The Morgan fingerprint density at radius 2 is 2.20 bits per heavy atom. The van der Waals surface area contributed by atoms with Crippen molar-refractivity contribution >= 4 is 0 Å². The molecular formula is C24H26N2O4. The van der Waals surface area contributed by atoms with E-state index in [0.29, 0.717) is 25.6 Å². The van der Waals surface area contributed by atoms with Crippen LogP contribution in [0, 0.1) is 0 Å². The maximum Gasteiger partial charge on any atom is 0.351 e. The quantitative estimate of drug-likeness (QED) is 0.626. The van der Waals surface area contributed by atoms with Crippen LogP contribution in [-0.2, 0) is 17.7 Å². The number of allylic oxidation sites excluding steroid dienone is 2. The standard InChI is InChI=1S/C24H26N2O4/c1-3-6-17(4-2)15-29-19-8-9-21-18(13-19)10-11-26-22(21)14-23(25-24(26)27)30-16-20-7-5-12-28-20/h3-4,6,8-9,13-14,20H,1-2,5,7,10-12,15-16H2/b17-6+. The Morgan fingerprint density at radius 3 is 2.97 bits per heavy atom. The lowest BCUT2D eigenvalue weighted by atomic mass is 9.97. The molecule has 3 heterocycles. The maximum atomic E-state index is 12.5. The number of fused-ring (bicyclic) bond motifs is 3. The lowest BCUT2D eigenvalue weighted by Crippen LogP contribution is -2.29. The summed E-state index contributed by atoms with van der Waals surface area (Å²) in [5.74, 6) is 1.13. The van der Waals surface area contributed by atoms with E-state index in [0.717, 1.165) is 54.0 Å². The van der Waals surface area contributed by atoms with Gasteiger partial charge in [-0.3, -0.25) is 4.57 Å². The van der Waals surface area contributed by atoms with E-state index in [1.807, 2.05) is 30.3 Å². The number of rotatable bonds is 8. The van der Waals surface area contributed by atoms with E-state index in [4.69, 9.17) is 14.2 Å². The molecule has 1 unspecified atom stereocenters. The lowest BCUT2D eigenvalue weighted by Gasteiger charge is -2.22. The van der Waals surface area contributed by atoms with E-state index in [1.165, 1.54) is 0 Å². The van der Waals surface area contributed by atoms with Gasteiger partial charge in [0.05, 0.1) is 11.8 Å². The van der Waals surface area contributed by atoms with Crippen LogP contribution in [0.3, 0.4) is 0 Å². The van der Waals surface area contributed by atoms with Crippen molar-refractivity contribution in [1.82, 2.24) is 9.55 Å². The van der Waals surface area contributed by atoms with Crippen molar-refractivity contribution in [2.45, 2.75) is 31.9 Å². The molecule has 4 rings (SSSR count). The average molecular weight is 406 g/mol. The first-order chi connectivity index (χ1) is 14.7. The van der Waals surface area contributed by atoms with Crippen LogP contribution < -0.4 is 15.2 Å². The number of aryl methyl sites for hydroxylation is 1. The van der Waals surface area contributed by atoms with Gasteiger partial charge in [-0.25, -0.2) is 4.79 Å². The molecule has 1 atom stereocenters. The van der Waals surface area contributed by atoms with E-state index in [-0.39, 0.29) is 11.8 Å². The summed E-state index contributed by atoms with van der Waals surface area (Å²) >= 11 is 0. The first-order valence-electron chi connectivity index (χ1n) is 10.2. The molecule has 1 fully saturated rings. The summed E-state index contributed by atoms with van der Waals surface area (Å²) in [5, 5.41) is 0. The zero-order chi connectivity index (χ0) is 20.9. The minimum Gasteiger partial charge on any atom is -0.489 e. The van der Waals surface area contributed by atoms with Gasteiger partial charge >= 0.3 is 5.69 Å². The number of hydrogen-bond donors (Lipinski definition) is 0. The van der Waals surface area contributed by atoms with Gasteiger partial charge in [0.15, 0.2) is 0 Å². The zero-order valence-corrected chi connectivity index (χ0v) is 17.0. The first kappa shape index (κ1) is 20.2. The molecule has 6 nitrogen and oxygen atoms in total. The highest BCUT2D eigenvalue weighted by Crippen LogP contribution is 2.32. The summed E-state index contributed by atoms with van der Waals surface area (Å²) < 4.78 is 19.0. The minimum atomic E-state index is -0.286. The SMILES string of the molecule is C=C/C=C(\C=C)COc1ccc2c(c1)CCn1c-2cc(OCC2CCCO2)nc1=O. The third-order valence-electron chi connectivity index (χ3n) is 5.39. The first-order valence-corrected chi connectivity index (χ1v) is 10.2. The molecule has 0 bridgehead atoms. The fraction of sp³-hybridized carbons (Fsp3) is 0.333. The average Bonchev–Trinajstić information content (AvgIpc) is 3.28. The van der Waals surface area contributed by atoms with Crippen molar-refractivity contribution < 1.29 is 14.2 Å². The molecule has 0 amide bonds. The molecule has 1 aromatic heterocycles. The Bertz CT molecular complexity index is 1030. The predicted octanol–water partition coefficient (Wildman–Crippen LogP) is 3.70. The second-order valence-corrected chi connectivity index (χ2v) is 7.40. The summed E-state index contributed by atoms with van der Waals surface area (Å²) in [7, 11) is 0. The number of ether oxygens (including phenoxy) is 3. The van der Waals surface area contributed by atoms with Crippen molar-refractivity contribution in [3.8, 4) is 22.9 Å². The van der Waals surface area contributed by atoms with E-state index < -0.39 is 0 Å². The van der Waals surface area contributed by atoms with Gasteiger partial charge < -0.3 is 14.2 Å². The molecular weight excluding hydrogens is 380 g/mol. The second-order valence-electron chi connectivity index (χ2n) is 7.40. The van der Waals surface area contributed by atoms with Crippen LogP contribution in [-0.4, -0.2) is 35.5 Å². The van der Waals surface area contributed by atoms with Gasteiger partial charge in [0.25, 0.3) is 0 Å².